The van der Waals surface area contributed by atoms with E-state index >= 15 is 0 Å². The van der Waals surface area contributed by atoms with Gasteiger partial charge in [-0.15, -0.1) is 0 Å². The van der Waals surface area contributed by atoms with Crippen molar-refractivity contribution in [2.75, 3.05) is 12.3 Å². The molecule has 164 valence electrons. The topological polar surface area (TPSA) is 113 Å². The third-order valence-corrected chi connectivity index (χ3v) is 7.36. The van der Waals surface area contributed by atoms with E-state index in [-0.39, 0.29) is 22.8 Å². The van der Waals surface area contributed by atoms with Crippen LogP contribution >= 0.6 is 0 Å². The molecule has 4 aliphatic rings. The Hall–Kier alpha value is -2.38. The second kappa shape index (κ2) is 7.71. The summed E-state index contributed by atoms with van der Waals surface area (Å²) in [5.74, 6) is 0.973. The van der Waals surface area contributed by atoms with Gasteiger partial charge in [0.15, 0.2) is 6.61 Å². The lowest BCUT2D eigenvalue weighted by atomic mass is 9.49. The molecule has 0 spiro atoms. The highest BCUT2D eigenvalue weighted by molar-refractivity contribution is 6.01. The molecule has 8 nitrogen and oxygen atoms in total. The molecule has 0 atom stereocenters. The molecule has 0 aromatic carbocycles. The van der Waals surface area contributed by atoms with Gasteiger partial charge in [0.1, 0.15) is 11.4 Å². The number of nitrogens with two attached hydrogens (primary N) is 1. The first-order valence-corrected chi connectivity index (χ1v) is 11.0. The highest BCUT2D eigenvalue weighted by Gasteiger charge is 2.51. The molecule has 30 heavy (non-hydrogen) atoms. The van der Waals surface area contributed by atoms with Gasteiger partial charge in [-0.3, -0.25) is 23.5 Å². The number of carbonyl (C=O) groups excluding carboxylic acids is 2. The van der Waals surface area contributed by atoms with Crippen LogP contribution in [0, 0.1) is 23.2 Å². The maximum absolute atomic E-state index is 12.7. The van der Waals surface area contributed by atoms with Gasteiger partial charge < -0.3 is 10.5 Å². The van der Waals surface area contributed by atoms with E-state index in [1.54, 1.807) is 0 Å². The Morgan fingerprint density at radius 2 is 1.67 bits per heavy atom. The van der Waals surface area contributed by atoms with Crippen LogP contribution in [-0.2, 0) is 23.1 Å². The molecule has 4 bridgehead atoms. The Morgan fingerprint density at radius 1 is 1.10 bits per heavy atom. The zero-order valence-corrected chi connectivity index (χ0v) is 17.8. The predicted molar refractivity (Wildman–Crippen MR) is 111 cm³/mol. The van der Waals surface area contributed by atoms with Crippen molar-refractivity contribution < 1.29 is 14.3 Å². The van der Waals surface area contributed by atoms with Crippen molar-refractivity contribution in [3.05, 3.63) is 26.4 Å². The van der Waals surface area contributed by atoms with Crippen LogP contribution < -0.4 is 17.0 Å². The number of Topliss-reactive ketones (excluding diaryl/α,β-unsaturated/α-hetero) is 1. The predicted octanol–water partition coefficient (Wildman–Crippen LogP) is 1.87. The van der Waals surface area contributed by atoms with E-state index in [0.29, 0.717) is 19.4 Å². The minimum atomic E-state index is -0.757. The van der Waals surface area contributed by atoms with Crippen LogP contribution in [0.15, 0.2) is 9.59 Å². The van der Waals surface area contributed by atoms with Crippen LogP contribution in [0.2, 0.25) is 0 Å². The van der Waals surface area contributed by atoms with Crippen molar-refractivity contribution in [3.63, 3.8) is 0 Å². The maximum Gasteiger partial charge on any atom is 0.332 e. The lowest BCUT2D eigenvalue weighted by Crippen LogP contribution is -2.47. The van der Waals surface area contributed by atoms with Gasteiger partial charge in [0.25, 0.3) is 5.56 Å². The standard InChI is InChI=1S/C22H31N3O5/c1-3-4-25-19(23)18(20(28)24(2)21(25)29)16(26)12-30-17(27)11-22-8-13-5-14(9-22)7-15(6-13)10-22/h13-15H,3-12,23H2,1-2H3. The quantitative estimate of drug-likeness (QED) is 0.535. The molecule has 0 unspecified atom stereocenters. The molecule has 2 N–H and O–H groups in total. The normalized spacial score (nSPS) is 29.2. The van der Waals surface area contributed by atoms with Crippen LogP contribution in [0.4, 0.5) is 5.82 Å². The summed E-state index contributed by atoms with van der Waals surface area (Å²) in [6.07, 6.45) is 8.09. The molecule has 0 amide bonds. The summed E-state index contributed by atoms with van der Waals surface area (Å²) < 4.78 is 7.38. The number of ether oxygens (including phenoxy) is 1. The Bertz CT molecular complexity index is 954. The second-order valence-electron chi connectivity index (χ2n) is 9.74. The third kappa shape index (κ3) is 3.61. The molecule has 0 aliphatic heterocycles. The van der Waals surface area contributed by atoms with Crippen LogP contribution in [0.25, 0.3) is 0 Å². The monoisotopic (exact) mass is 417 g/mol. The lowest BCUT2D eigenvalue weighted by molar-refractivity contribution is -0.150. The average molecular weight is 418 g/mol. The average Bonchev–Trinajstić information content (AvgIpc) is 2.67. The number of anilines is 1. The van der Waals surface area contributed by atoms with E-state index in [0.717, 1.165) is 41.6 Å². The molecular weight excluding hydrogens is 386 g/mol. The number of aromatic nitrogens is 2. The summed E-state index contributed by atoms with van der Waals surface area (Å²) in [7, 11) is 1.31. The SMILES string of the molecule is CCCn1c(N)c(C(=O)COC(=O)CC23CC4CC(CC(C4)C2)C3)c(=O)n(C)c1=O. The molecule has 5 rings (SSSR count). The summed E-state index contributed by atoms with van der Waals surface area (Å²) in [6.45, 7) is 1.63. The summed E-state index contributed by atoms with van der Waals surface area (Å²) in [6, 6.07) is 0. The van der Waals surface area contributed by atoms with Crippen LogP contribution in [-0.4, -0.2) is 27.5 Å². The van der Waals surface area contributed by atoms with E-state index in [9.17, 15) is 19.2 Å². The van der Waals surface area contributed by atoms with Crippen LogP contribution in [0.3, 0.4) is 0 Å². The van der Waals surface area contributed by atoms with Crippen LogP contribution in [0.5, 0.6) is 0 Å². The molecule has 4 aliphatic carbocycles. The highest BCUT2D eigenvalue weighted by Crippen LogP contribution is 2.61. The van der Waals surface area contributed by atoms with E-state index in [2.05, 4.69) is 0 Å². The Morgan fingerprint density at radius 3 is 2.20 bits per heavy atom. The van der Waals surface area contributed by atoms with Crippen molar-refractivity contribution in [3.8, 4) is 0 Å². The van der Waals surface area contributed by atoms with E-state index in [4.69, 9.17) is 10.5 Å². The van der Waals surface area contributed by atoms with Gasteiger partial charge in [-0.2, -0.15) is 0 Å². The molecular formula is C22H31N3O5. The van der Waals surface area contributed by atoms with Gasteiger partial charge in [0, 0.05) is 13.6 Å². The fourth-order valence-corrected chi connectivity index (χ4v) is 6.57. The molecule has 0 radical (unpaired) electrons. The molecule has 1 aromatic heterocycles. The lowest BCUT2D eigenvalue weighted by Gasteiger charge is -2.56. The number of carbonyl (C=O) groups is 2. The number of hydrogen-bond donors (Lipinski definition) is 1. The number of nitrogens with zero attached hydrogens (tertiary/aromatic N) is 2. The van der Waals surface area contributed by atoms with E-state index in [1.165, 1.54) is 30.9 Å². The Labute approximate surface area is 175 Å². The molecule has 8 heteroatoms. The second-order valence-corrected chi connectivity index (χ2v) is 9.74. The van der Waals surface area contributed by atoms with Gasteiger partial charge in [-0.1, -0.05) is 6.92 Å². The van der Waals surface area contributed by atoms with Gasteiger partial charge in [-0.25, -0.2) is 4.79 Å². The smallest absolute Gasteiger partial charge is 0.332 e. The summed E-state index contributed by atoms with van der Waals surface area (Å²) in [5, 5.41) is 0. The molecule has 1 heterocycles. The van der Waals surface area contributed by atoms with Gasteiger partial charge in [-0.05, 0) is 68.1 Å². The molecule has 4 saturated carbocycles. The molecule has 1 aromatic rings. The van der Waals surface area contributed by atoms with Crippen molar-refractivity contribution in [1.82, 2.24) is 9.13 Å². The summed E-state index contributed by atoms with van der Waals surface area (Å²) >= 11 is 0. The van der Waals surface area contributed by atoms with Crippen molar-refractivity contribution >= 4 is 17.6 Å². The van der Waals surface area contributed by atoms with Gasteiger partial charge >= 0.3 is 11.7 Å². The first-order valence-electron chi connectivity index (χ1n) is 11.0. The van der Waals surface area contributed by atoms with Gasteiger partial charge in [0.2, 0.25) is 5.78 Å². The Kier molecular flexibility index (Phi) is 5.36. The van der Waals surface area contributed by atoms with Crippen molar-refractivity contribution in [2.24, 2.45) is 30.2 Å². The highest BCUT2D eigenvalue weighted by atomic mass is 16.5. The summed E-state index contributed by atoms with van der Waals surface area (Å²) in [5.41, 5.74) is 4.39. The fourth-order valence-electron chi connectivity index (χ4n) is 6.57. The van der Waals surface area contributed by atoms with Gasteiger partial charge in [0.05, 0.1) is 6.42 Å². The first-order chi connectivity index (χ1) is 14.2. The van der Waals surface area contributed by atoms with Crippen LogP contribution in [0.1, 0.15) is 68.6 Å². The summed E-state index contributed by atoms with van der Waals surface area (Å²) in [4.78, 5) is 50.0. The fraction of sp³-hybridized carbons (Fsp3) is 0.727. The number of ketones is 1. The largest absolute Gasteiger partial charge is 0.457 e. The number of nitrogen functional groups attached to an aromatic ring is 1. The molecule has 4 fully saturated rings. The van der Waals surface area contributed by atoms with E-state index in [1.807, 2.05) is 6.92 Å². The first kappa shape index (κ1) is 20.9. The molecule has 0 saturated heterocycles. The zero-order valence-electron chi connectivity index (χ0n) is 17.8. The number of esters is 1. The van der Waals surface area contributed by atoms with Crippen molar-refractivity contribution in [1.29, 1.82) is 0 Å². The van der Waals surface area contributed by atoms with E-state index < -0.39 is 23.6 Å². The maximum atomic E-state index is 12.7. The van der Waals surface area contributed by atoms with Crippen molar-refractivity contribution in [2.45, 2.75) is 64.8 Å². The minimum absolute atomic E-state index is 0.0262. The minimum Gasteiger partial charge on any atom is -0.457 e. The number of hydrogen-bond acceptors (Lipinski definition) is 6. The zero-order chi connectivity index (χ0) is 21.6. The Balaban J connectivity index is 1.45. The number of rotatable bonds is 7. The third-order valence-electron chi connectivity index (χ3n) is 7.36.